The molecule has 6 heteroatoms. The lowest BCUT2D eigenvalue weighted by atomic mass is 10.2. The molecule has 62 valence electrons. The number of nitrogens with one attached hydrogen (secondary N) is 1. The van der Waals surface area contributed by atoms with E-state index in [1.165, 1.54) is 11.5 Å². The van der Waals surface area contributed by atoms with Crippen LogP contribution in [0.1, 0.15) is 13.3 Å². The molecule has 1 aromatic rings. The Labute approximate surface area is 69.2 Å². The number of nitrogens with zero attached hydrogens (tertiary/aromatic N) is 3. The van der Waals surface area contributed by atoms with Crippen molar-refractivity contribution in [1.29, 1.82) is 0 Å². The summed E-state index contributed by atoms with van der Waals surface area (Å²) in [6.07, 6.45) is 0.930. The first-order valence-electron chi connectivity index (χ1n) is 3.43. The molecule has 11 heavy (non-hydrogen) atoms. The van der Waals surface area contributed by atoms with Crippen molar-refractivity contribution in [2.45, 2.75) is 19.4 Å². The Bertz CT molecular complexity index is 185. The van der Waals surface area contributed by atoms with Crippen LogP contribution in [0.3, 0.4) is 0 Å². The molecular weight excluding hydrogens is 162 g/mol. The molecule has 3 N–H and O–H groups in total. The minimum Gasteiger partial charge on any atom is -0.359 e. The summed E-state index contributed by atoms with van der Waals surface area (Å²) in [6, 6.07) is 0.225. The van der Waals surface area contributed by atoms with Gasteiger partial charge in [0.05, 0.1) is 0 Å². The third-order valence-corrected chi connectivity index (χ3v) is 1.73. The van der Waals surface area contributed by atoms with Gasteiger partial charge < -0.3 is 11.1 Å². The number of rotatable bonds is 4. The maximum atomic E-state index is 5.54. The first kappa shape index (κ1) is 8.35. The minimum atomic E-state index is 0.225. The van der Waals surface area contributed by atoms with Crippen molar-refractivity contribution >= 4 is 16.7 Å². The van der Waals surface area contributed by atoms with E-state index < -0.39 is 0 Å². The number of nitrogens with two attached hydrogens (primary N) is 1. The number of hydrogen-bond donors (Lipinski definition) is 2. The average Bonchev–Trinajstić information content (AvgIpc) is 2.39. The highest BCUT2D eigenvalue weighted by molar-refractivity contribution is 7.09. The normalized spacial score (nSPS) is 12.9. The van der Waals surface area contributed by atoms with Crippen LogP contribution in [-0.4, -0.2) is 27.4 Å². The largest absolute Gasteiger partial charge is 0.359 e. The number of anilines is 1. The fraction of sp³-hybridized carbons (Fsp3) is 0.800. The molecular formula is C5H11N5S. The van der Waals surface area contributed by atoms with Crippen molar-refractivity contribution < 1.29 is 0 Å². The summed E-state index contributed by atoms with van der Waals surface area (Å²) in [5, 5.41) is 11.0. The lowest BCUT2D eigenvalue weighted by molar-refractivity contribution is 0.689. The summed E-state index contributed by atoms with van der Waals surface area (Å²) in [5.74, 6) is 0. The van der Waals surface area contributed by atoms with E-state index in [4.69, 9.17) is 5.73 Å². The summed E-state index contributed by atoms with van der Waals surface area (Å²) >= 11 is 1.25. The molecule has 0 saturated carbocycles. The average molecular weight is 173 g/mol. The molecule has 0 aliphatic heterocycles. The van der Waals surface area contributed by atoms with Crippen LogP contribution in [-0.2, 0) is 0 Å². The third kappa shape index (κ3) is 3.24. The molecule has 0 bridgehead atoms. The monoisotopic (exact) mass is 173 g/mol. The fourth-order valence-electron chi connectivity index (χ4n) is 0.608. The molecule has 0 fully saturated rings. The SMILES string of the molecule is CC(N)CCNc1nnns1. The zero-order valence-electron chi connectivity index (χ0n) is 6.32. The minimum absolute atomic E-state index is 0.225. The predicted molar refractivity (Wildman–Crippen MR) is 44.5 cm³/mol. The Balaban J connectivity index is 2.14. The number of aromatic nitrogens is 3. The van der Waals surface area contributed by atoms with E-state index in [0.717, 1.165) is 18.1 Å². The fourth-order valence-corrected chi connectivity index (χ4v) is 0.998. The molecule has 1 rings (SSSR count). The van der Waals surface area contributed by atoms with Gasteiger partial charge in [0, 0.05) is 24.1 Å². The first-order chi connectivity index (χ1) is 5.29. The molecule has 1 heterocycles. The van der Waals surface area contributed by atoms with Gasteiger partial charge in [-0.2, -0.15) is 0 Å². The van der Waals surface area contributed by atoms with E-state index in [1.807, 2.05) is 6.92 Å². The van der Waals surface area contributed by atoms with Crippen LogP contribution < -0.4 is 11.1 Å². The van der Waals surface area contributed by atoms with Crippen LogP contribution in [0.15, 0.2) is 0 Å². The van der Waals surface area contributed by atoms with Crippen molar-refractivity contribution in [2.24, 2.45) is 5.73 Å². The molecule has 1 unspecified atom stereocenters. The van der Waals surface area contributed by atoms with Crippen molar-refractivity contribution in [1.82, 2.24) is 14.8 Å². The molecule has 0 amide bonds. The van der Waals surface area contributed by atoms with Gasteiger partial charge in [0.15, 0.2) is 0 Å². The van der Waals surface area contributed by atoms with Gasteiger partial charge in [0.2, 0.25) is 5.13 Å². The van der Waals surface area contributed by atoms with Crippen molar-refractivity contribution in [3.8, 4) is 0 Å². The van der Waals surface area contributed by atoms with Crippen molar-refractivity contribution in [3.63, 3.8) is 0 Å². The second-order valence-electron chi connectivity index (χ2n) is 2.36. The third-order valence-electron chi connectivity index (χ3n) is 1.18. The van der Waals surface area contributed by atoms with E-state index in [-0.39, 0.29) is 6.04 Å². The maximum Gasteiger partial charge on any atom is 0.225 e. The van der Waals surface area contributed by atoms with Gasteiger partial charge in [-0.15, -0.1) is 0 Å². The van der Waals surface area contributed by atoms with E-state index >= 15 is 0 Å². The van der Waals surface area contributed by atoms with E-state index in [2.05, 4.69) is 20.1 Å². The quantitative estimate of drug-likeness (QED) is 0.674. The lowest BCUT2D eigenvalue weighted by Crippen LogP contribution is -2.19. The van der Waals surface area contributed by atoms with Crippen LogP contribution >= 0.6 is 11.5 Å². The van der Waals surface area contributed by atoms with Crippen LogP contribution in [0.4, 0.5) is 5.13 Å². The molecule has 5 nitrogen and oxygen atoms in total. The van der Waals surface area contributed by atoms with Gasteiger partial charge in [0.1, 0.15) is 0 Å². The number of hydrogen-bond acceptors (Lipinski definition) is 6. The van der Waals surface area contributed by atoms with Gasteiger partial charge in [-0.3, -0.25) is 0 Å². The smallest absolute Gasteiger partial charge is 0.225 e. The summed E-state index contributed by atoms with van der Waals surface area (Å²) < 4.78 is 3.61. The zero-order valence-corrected chi connectivity index (χ0v) is 7.14. The first-order valence-corrected chi connectivity index (χ1v) is 4.21. The molecule has 0 radical (unpaired) electrons. The lowest BCUT2D eigenvalue weighted by Gasteiger charge is -2.03. The highest BCUT2D eigenvalue weighted by Crippen LogP contribution is 2.03. The standard InChI is InChI=1S/C5H11N5S/c1-4(6)2-3-7-5-8-9-10-11-5/h4H,2-3,6H2,1H3,(H,7,8,10). The van der Waals surface area contributed by atoms with Gasteiger partial charge in [-0.05, 0) is 18.6 Å². The highest BCUT2D eigenvalue weighted by Gasteiger charge is 1.96. The van der Waals surface area contributed by atoms with Crippen LogP contribution in [0.5, 0.6) is 0 Å². The second kappa shape index (κ2) is 4.20. The molecule has 0 spiro atoms. The van der Waals surface area contributed by atoms with E-state index in [9.17, 15) is 0 Å². The predicted octanol–water partition coefficient (Wildman–Crippen LogP) is 0.0823. The van der Waals surface area contributed by atoms with E-state index in [1.54, 1.807) is 0 Å². The molecule has 0 aliphatic carbocycles. The van der Waals surface area contributed by atoms with Crippen molar-refractivity contribution in [3.05, 3.63) is 0 Å². The molecule has 0 aliphatic rings. The van der Waals surface area contributed by atoms with Crippen LogP contribution in [0, 0.1) is 0 Å². The van der Waals surface area contributed by atoms with E-state index in [0.29, 0.717) is 0 Å². The topological polar surface area (TPSA) is 76.7 Å². The maximum absolute atomic E-state index is 5.54. The Morgan fingerprint density at radius 2 is 2.55 bits per heavy atom. The van der Waals surface area contributed by atoms with Crippen LogP contribution in [0.2, 0.25) is 0 Å². The molecule has 1 aromatic heterocycles. The zero-order chi connectivity index (χ0) is 8.10. The summed E-state index contributed by atoms with van der Waals surface area (Å²) in [5.41, 5.74) is 5.54. The Morgan fingerprint density at radius 3 is 3.09 bits per heavy atom. The Morgan fingerprint density at radius 1 is 1.73 bits per heavy atom. The summed E-state index contributed by atoms with van der Waals surface area (Å²) in [4.78, 5) is 0. The van der Waals surface area contributed by atoms with Crippen molar-refractivity contribution in [2.75, 3.05) is 11.9 Å². The van der Waals surface area contributed by atoms with Gasteiger partial charge in [-0.1, -0.05) is 9.59 Å². The molecule has 0 aromatic carbocycles. The second-order valence-corrected chi connectivity index (χ2v) is 3.09. The Hall–Kier alpha value is -0.750. The summed E-state index contributed by atoms with van der Waals surface area (Å²) in [7, 11) is 0. The van der Waals surface area contributed by atoms with Crippen LogP contribution in [0.25, 0.3) is 0 Å². The van der Waals surface area contributed by atoms with Gasteiger partial charge >= 0.3 is 0 Å². The Kier molecular flexibility index (Phi) is 3.18. The highest BCUT2D eigenvalue weighted by atomic mass is 32.1. The van der Waals surface area contributed by atoms with Gasteiger partial charge in [0.25, 0.3) is 0 Å². The van der Waals surface area contributed by atoms with Gasteiger partial charge in [-0.25, -0.2) is 0 Å². The summed E-state index contributed by atoms with van der Waals surface area (Å²) in [6.45, 7) is 2.80. The molecule has 1 atom stereocenters. The molecule has 0 saturated heterocycles.